The zero-order chi connectivity index (χ0) is 13.2. The summed E-state index contributed by atoms with van der Waals surface area (Å²) in [6.45, 7) is 0.721. The Balaban J connectivity index is 1.92. The highest BCUT2D eigenvalue weighted by atomic mass is 16.2. The molecule has 1 heterocycles. The van der Waals surface area contributed by atoms with Gasteiger partial charge in [-0.3, -0.25) is 9.59 Å². The SMILES string of the molecule is O=C1CN(Cc2cccc3ccccc23)C(=O)CN1. The van der Waals surface area contributed by atoms with Crippen LogP contribution in [0.1, 0.15) is 5.56 Å². The maximum atomic E-state index is 11.8. The quantitative estimate of drug-likeness (QED) is 0.878. The summed E-state index contributed by atoms with van der Waals surface area (Å²) in [6.07, 6.45) is 0. The van der Waals surface area contributed by atoms with Crippen LogP contribution in [0, 0.1) is 0 Å². The van der Waals surface area contributed by atoms with Crippen LogP contribution in [-0.4, -0.2) is 29.8 Å². The second-order valence-electron chi connectivity index (χ2n) is 4.66. The number of piperazine rings is 1. The lowest BCUT2D eigenvalue weighted by molar-refractivity contribution is -0.141. The number of carbonyl (C=O) groups excluding carboxylic acids is 2. The molecule has 4 nitrogen and oxygen atoms in total. The van der Waals surface area contributed by atoms with Crippen molar-refractivity contribution in [2.24, 2.45) is 0 Å². The number of nitrogens with zero attached hydrogens (tertiary/aromatic N) is 1. The second-order valence-corrected chi connectivity index (χ2v) is 4.66. The first-order chi connectivity index (χ1) is 9.24. The lowest BCUT2D eigenvalue weighted by Gasteiger charge is -2.27. The Labute approximate surface area is 111 Å². The normalized spacial score (nSPS) is 15.7. The number of hydrogen-bond acceptors (Lipinski definition) is 2. The van der Waals surface area contributed by atoms with E-state index in [9.17, 15) is 9.59 Å². The monoisotopic (exact) mass is 254 g/mol. The van der Waals surface area contributed by atoms with E-state index in [-0.39, 0.29) is 24.9 Å². The second kappa shape index (κ2) is 4.72. The van der Waals surface area contributed by atoms with E-state index in [4.69, 9.17) is 0 Å². The molecule has 1 aliphatic heterocycles. The molecular weight excluding hydrogens is 240 g/mol. The Bertz CT molecular complexity index is 646. The molecule has 2 aromatic rings. The van der Waals surface area contributed by atoms with E-state index in [1.165, 1.54) is 0 Å². The predicted molar refractivity (Wildman–Crippen MR) is 72.4 cm³/mol. The fourth-order valence-corrected chi connectivity index (χ4v) is 2.38. The molecule has 0 aliphatic carbocycles. The van der Waals surface area contributed by atoms with Crippen molar-refractivity contribution in [2.75, 3.05) is 13.1 Å². The molecule has 0 spiro atoms. The number of rotatable bonds is 2. The van der Waals surface area contributed by atoms with Crippen molar-refractivity contribution in [3.8, 4) is 0 Å². The smallest absolute Gasteiger partial charge is 0.242 e. The first-order valence-electron chi connectivity index (χ1n) is 6.25. The molecular formula is C15H14N2O2. The minimum absolute atomic E-state index is 0.0347. The molecule has 1 aliphatic rings. The maximum Gasteiger partial charge on any atom is 0.242 e. The zero-order valence-corrected chi connectivity index (χ0v) is 10.4. The van der Waals surface area contributed by atoms with Crippen LogP contribution in [0.5, 0.6) is 0 Å². The van der Waals surface area contributed by atoms with E-state index in [0.29, 0.717) is 6.54 Å². The van der Waals surface area contributed by atoms with Gasteiger partial charge in [0.1, 0.15) is 0 Å². The Morgan fingerprint density at radius 1 is 1.05 bits per heavy atom. The highest BCUT2D eigenvalue weighted by molar-refractivity contribution is 5.93. The number of amides is 2. The van der Waals surface area contributed by atoms with E-state index >= 15 is 0 Å². The van der Waals surface area contributed by atoms with Gasteiger partial charge in [0.2, 0.25) is 11.8 Å². The molecule has 0 saturated carbocycles. The van der Waals surface area contributed by atoms with Gasteiger partial charge in [0, 0.05) is 6.54 Å². The van der Waals surface area contributed by atoms with E-state index in [2.05, 4.69) is 5.32 Å². The third kappa shape index (κ3) is 2.29. The summed E-state index contributed by atoms with van der Waals surface area (Å²) >= 11 is 0. The molecule has 0 unspecified atom stereocenters. The summed E-state index contributed by atoms with van der Waals surface area (Å²) in [6, 6.07) is 14.1. The van der Waals surface area contributed by atoms with Gasteiger partial charge >= 0.3 is 0 Å². The summed E-state index contributed by atoms with van der Waals surface area (Å²) in [5.41, 5.74) is 1.07. The molecule has 3 rings (SSSR count). The van der Waals surface area contributed by atoms with Crippen molar-refractivity contribution >= 4 is 22.6 Å². The van der Waals surface area contributed by atoms with Crippen molar-refractivity contribution in [3.63, 3.8) is 0 Å². The van der Waals surface area contributed by atoms with Crippen LogP contribution in [0.25, 0.3) is 10.8 Å². The van der Waals surface area contributed by atoms with Crippen LogP contribution < -0.4 is 5.32 Å². The lowest BCUT2D eigenvalue weighted by atomic mass is 10.0. The highest BCUT2D eigenvalue weighted by Crippen LogP contribution is 2.20. The Morgan fingerprint density at radius 2 is 1.84 bits per heavy atom. The summed E-state index contributed by atoms with van der Waals surface area (Å²) in [4.78, 5) is 24.8. The number of benzene rings is 2. The standard InChI is InChI=1S/C15H14N2O2/c18-14-10-17(15(19)8-16-14)9-12-6-3-5-11-4-1-2-7-13(11)12/h1-7H,8-10H2,(H,16,18). The van der Waals surface area contributed by atoms with E-state index < -0.39 is 0 Å². The van der Waals surface area contributed by atoms with Crippen LogP contribution in [0.3, 0.4) is 0 Å². The molecule has 1 fully saturated rings. The molecule has 0 radical (unpaired) electrons. The molecule has 4 heteroatoms. The van der Waals surface area contributed by atoms with Gasteiger partial charge in [-0.15, -0.1) is 0 Å². The fraction of sp³-hybridized carbons (Fsp3) is 0.200. The van der Waals surface area contributed by atoms with Crippen molar-refractivity contribution in [1.29, 1.82) is 0 Å². The largest absolute Gasteiger partial charge is 0.345 e. The molecule has 1 saturated heterocycles. The van der Waals surface area contributed by atoms with Gasteiger partial charge in [-0.1, -0.05) is 42.5 Å². The zero-order valence-electron chi connectivity index (χ0n) is 10.4. The van der Waals surface area contributed by atoms with Crippen LogP contribution in [0.2, 0.25) is 0 Å². The molecule has 2 amide bonds. The van der Waals surface area contributed by atoms with Crippen molar-refractivity contribution in [3.05, 3.63) is 48.0 Å². The van der Waals surface area contributed by atoms with Crippen LogP contribution >= 0.6 is 0 Å². The number of nitrogens with one attached hydrogen (secondary N) is 1. The van der Waals surface area contributed by atoms with E-state index in [1.807, 2.05) is 42.5 Å². The maximum absolute atomic E-state index is 11.8. The summed E-state index contributed by atoms with van der Waals surface area (Å²) in [7, 11) is 0. The van der Waals surface area contributed by atoms with E-state index in [0.717, 1.165) is 16.3 Å². The van der Waals surface area contributed by atoms with Gasteiger partial charge < -0.3 is 10.2 Å². The van der Waals surface area contributed by atoms with Crippen molar-refractivity contribution in [1.82, 2.24) is 10.2 Å². The van der Waals surface area contributed by atoms with Crippen LogP contribution in [-0.2, 0) is 16.1 Å². The Kier molecular flexibility index (Phi) is 2.91. The van der Waals surface area contributed by atoms with Gasteiger partial charge in [0.05, 0.1) is 13.1 Å². The molecule has 0 atom stereocenters. The highest BCUT2D eigenvalue weighted by Gasteiger charge is 2.23. The van der Waals surface area contributed by atoms with Crippen LogP contribution in [0.4, 0.5) is 0 Å². The summed E-state index contributed by atoms with van der Waals surface area (Å²) in [5, 5.41) is 4.83. The molecule has 1 N–H and O–H groups in total. The first kappa shape index (κ1) is 11.7. The van der Waals surface area contributed by atoms with Gasteiger partial charge in [0.25, 0.3) is 0 Å². The minimum Gasteiger partial charge on any atom is -0.345 e. The fourth-order valence-electron chi connectivity index (χ4n) is 2.38. The third-order valence-electron chi connectivity index (χ3n) is 3.37. The summed E-state index contributed by atoms with van der Waals surface area (Å²) < 4.78 is 0. The average Bonchev–Trinajstić information content (AvgIpc) is 2.43. The van der Waals surface area contributed by atoms with Gasteiger partial charge in [0.15, 0.2) is 0 Å². The molecule has 96 valence electrons. The minimum atomic E-state index is -0.0974. The average molecular weight is 254 g/mol. The topological polar surface area (TPSA) is 49.4 Å². The number of fused-ring (bicyclic) bond motifs is 1. The Morgan fingerprint density at radius 3 is 2.74 bits per heavy atom. The van der Waals surface area contributed by atoms with Crippen LogP contribution in [0.15, 0.2) is 42.5 Å². The Hall–Kier alpha value is -2.36. The molecule has 0 aromatic heterocycles. The van der Waals surface area contributed by atoms with E-state index in [1.54, 1.807) is 4.90 Å². The van der Waals surface area contributed by atoms with Crippen molar-refractivity contribution in [2.45, 2.75) is 6.54 Å². The first-order valence-corrected chi connectivity index (χ1v) is 6.25. The number of hydrogen-bond donors (Lipinski definition) is 1. The molecule has 2 aromatic carbocycles. The van der Waals surface area contributed by atoms with Gasteiger partial charge in [-0.25, -0.2) is 0 Å². The molecule has 19 heavy (non-hydrogen) atoms. The van der Waals surface area contributed by atoms with Crippen molar-refractivity contribution < 1.29 is 9.59 Å². The van der Waals surface area contributed by atoms with Gasteiger partial charge in [-0.2, -0.15) is 0 Å². The van der Waals surface area contributed by atoms with Gasteiger partial charge in [-0.05, 0) is 16.3 Å². The third-order valence-corrected chi connectivity index (χ3v) is 3.37. The lowest BCUT2D eigenvalue weighted by Crippen LogP contribution is -2.51. The number of carbonyl (C=O) groups is 2. The predicted octanol–water partition coefficient (Wildman–Crippen LogP) is 1.30. The summed E-state index contributed by atoms with van der Waals surface area (Å²) in [5.74, 6) is -0.132. The molecule has 0 bridgehead atoms.